The van der Waals surface area contributed by atoms with Gasteiger partial charge in [0.05, 0.1) is 18.1 Å². The van der Waals surface area contributed by atoms with Gasteiger partial charge in [-0.05, 0) is 16.8 Å². The number of rotatable bonds is 4. The van der Waals surface area contributed by atoms with E-state index in [1.807, 2.05) is 42.5 Å². The van der Waals surface area contributed by atoms with Crippen molar-refractivity contribution in [3.63, 3.8) is 0 Å². The quantitative estimate of drug-likeness (QED) is 0.309. The molecule has 3 unspecified atom stereocenters. The van der Waals surface area contributed by atoms with Gasteiger partial charge >= 0.3 is 0 Å². The van der Waals surface area contributed by atoms with Crippen LogP contribution in [0.3, 0.4) is 0 Å². The molecule has 0 aromatic heterocycles. The van der Waals surface area contributed by atoms with Gasteiger partial charge in [0, 0.05) is 5.56 Å². The van der Waals surface area contributed by atoms with Gasteiger partial charge in [0.15, 0.2) is 11.8 Å². The summed E-state index contributed by atoms with van der Waals surface area (Å²) in [5.74, 6) is 0.101. The van der Waals surface area contributed by atoms with Crippen molar-refractivity contribution in [1.29, 1.82) is 0 Å². The molecular formula is C22H22N3O4+. The molecule has 148 valence electrons. The number of hydrogen-bond acceptors (Lipinski definition) is 6. The summed E-state index contributed by atoms with van der Waals surface area (Å²) in [5.41, 5.74) is 5.86. The predicted octanol–water partition coefficient (Wildman–Crippen LogP) is 2.20. The number of fused-ring (bicyclic) bond motifs is 3. The molecule has 0 saturated carbocycles. The second-order valence-corrected chi connectivity index (χ2v) is 6.99. The largest absolute Gasteiger partial charge is 0.483 e. The average molecular weight is 392 g/mol. The first kappa shape index (κ1) is 18.9. The van der Waals surface area contributed by atoms with Crippen LogP contribution in [-0.4, -0.2) is 39.7 Å². The molecule has 0 spiro atoms. The Hall–Kier alpha value is -3.42. The fraction of sp³-hybridized carbons (Fsp3) is 0.182. The van der Waals surface area contributed by atoms with Crippen LogP contribution in [0.25, 0.3) is 10.8 Å². The van der Waals surface area contributed by atoms with E-state index in [0.29, 0.717) is 11.3 Å². The third-order valence-corrected chi connectivity index (χ3v) is 5.44. The second-order valence-electron chi connectivity index (χ2n) is 6.99. The van der Waals surface area contributed by atoms with Crippen molar-refractivity contribution in [2.45, 2.75) is 12.1 Å². The lowest BCUT2D eigenvalue weighted by Gasteiger charge is -2.35. The highest BCUT2D eigenvalue weighted by atomic mass is 16.5. The number of benzene rings is 3. The van der Waals surface area contributed by atoms with Crippen molar-refractivity contribution in [2.24, 2.45) is 16.2 Å². The standard InChI is InChI=1S/C22H21N3O4/c23-19-16(12-26)22(21(25-28)20(24-27)14-7-2-1-3-8-14)29-17-11-10-13-6-4-5-9-15(13)18(17)19/h1-11,16,19,22,26-28H,12,23H2/p+1. The Morgan fingerprint density at radius 1 is 0.931 bits per heavy atom. The molecule has 0 saturated heterocycles. The Bertz CT molecular complexity index is 1080. The molecule has 0 aliphatic carbocycles. The molecular weight excluding hydrogens is 370 g/mol. The van der Waals surface area contributed by atoms with Crippen molar-refractivity contribution in [2.75, 3.05) is 6.61 Å². The number of aliphatic hydroxyl groups excluding tert-OH is 1. The highest BCUT2D eigenvalue weighted by Gasteiger charge is 2.44. The number of ether oxygens (including phenoxy) is 1. The van der Waals surface area contributed by atoms with E-state index in [1.165, 1.54) is 0 Å². The zero-order valence-corrected chi connectivity index (χ0v) is 15.6. The Morgan fingerprint density at radius 2 is 1.66 bits per heavy atom. The van der Waals surface area contributed by atoms with Gasteiger partial charge in [-0.25, -0.2) is 0 Å². The van der Waals surface area contributed by atoms with Crippen LogP contribution in [0.5, 0.6) is 5.75 Å². The number of hydrogen-bond donors (Lipinski definition) is 4. The summed E-state index contributed by atoms with van der Waals surface area (Å²) >= 11 is 0. The molecule has 1 heterocycles. The molecule has 0 amide bonds. The number of oxime groups is 2. The Balaban J connectivity index is 1.81. The van der Waals surface area contributed by atoms with Crippen LogP contribution in [0.1, 0.15) is 17.2 Å². The minimum absolute atomic E-state index is 0.0326. The lowest BCUT2D eigenvalue weighted by atomic mass is 9.81. The van der Waals surface area contributed by atoms with Gasteiger partial charge in [0.2, 0.25) is 0 Å². The van der Waals surface area contributed by atoms with Crippen LogP contribution < -0.4 is 10.5 Å². The zero-order valence-electron chi connectivity index (χ0n) is 15.6. The number of aliphatic hydroxyl groups is 1. The number of nitrogens with zero attached hydrogens (tertiary/aromatic N) is 2. The molecule has 0 fully saturated rings. The summed E-state index contributed by atoms with van der Waals surface area (Å²) in [7, 11) is 0. The molecule has 6 N–H and O–H groups in total. The first-order chi connectivity index (χ1) is 14.2. The van der Waals surface area contributed by atoms with Crippen LogP contribution in [0.15, 0.2) is 77.0 Å². The van der Waals surface area contributed by atoms with E-state index in [-0.39, 0.29) is 24.1 Å². The van der Waals surface area contributed by atoms with E-state index in [4.69, 9.17) is 4.74 Å². The molecule has 3 aromatic rings. The maximum absolute atomic E-state index is 10.1. The lowest BCUT2D eigenvalue weighted by Crippen LogP contribution is -2.63. The van der Waals surface area contributed by atoms with E-state index >= 15 is 0 Å². The average Bonchev–Trinajstić information content (AvgIpc) is 2.77. The second kappa shape index (κ2) is 7.90. The van der Waals surface area contributed by atoms with Gasteiger partial charge in [0.25, 0.3) is 0 Å². The van der Waals surface area contributed by atoms with Crippen molar-refractivity contribution >= 4 is 22.2 Å². The normalized spacial score (nSPS) is 22.2. The summed E-state index contributed by atoms with van der Waals surface area (Å²) in [4.78, 5) is 0. The summed E-state index contributed by atoms with van der Waals surface area (Å²) in [6.45, 7) is -0.242. The summed E-state index contributed by atoms with van der Waals surface area (Å²) in [5, 5.41) is 38.3. The van der Waals surface area contributed by atoms with Crippen LogP contribution in [0, 0.1) is 5.92 Å². The molecule has 7 heteroatoms. The van der Waals surface area contributed by atoms with E-state index in [2.05, 4.69) is 16.0 Å². The maximum Gasteiger partial charge on any atom is 0.157 e. The Kier molecular flexibility index (Phi) is 5.16. The smallest absolute Gasteiger partial charge is 0.157 e. The van der Waals surface area contributed by atoms with Gasteiger partial charge in [-0.2, -0.15) is 0 Å². The van der Waals surface area contributed by atoms with Crippen LogP contribution in [-0.2, 0) is 0 Å². The lowest BCUT2D eigenvalue weighted by molar-refractivity contribution is -0.446. The first-order valence-electron chi connectivity index (χ1n) is 9.31. The van der Waals surface area contributed by atoms with E-state index in [1.54, 1.807) is 24.3 Å². The van der Waals surface area contributed by atoms with Gasteiger partial charge in [-0.15, -0.1) is 0 Å². The topological polar surface area (TPSA) is 122 Å². The van der Waals surface area contributed by atoms with Crippen molar-refractivity contribution in [1.82, 2.24) is 0 Å². The summed E-state index contributed by atoms with van der Waals surface area (Å²) in [6.07, 6.45) is -0.840. The highest BCUT2D eigenvalue weighted by Crippen LogP contribution is 2.41. The third kappa shape index (κ3) is 3.20. The van der Waals surface area contributed by atoms with E-state index in [0.717, 1.165) is 16.3 Å². The molecule has 29 heavy (non-hydrogen) atoms. The molecule has 7 nitrogen and oxygen atoms in total. The molecule has 3 atom stereocenters. The molecule has 0 bridgehead atoms. The van der Waals surface area contributed by atoms with Crippen LogP contribution in [0.4, 0.5) is 0 Å². The highest BCUT2D eigenvalue weighted by molar-refractivity contribution is 6.49. The van der Waals surface area contributed by atoms with Gasteiger partial charge in [-0.3, -0.25) is 0 Å². The fourth-order valence-corrected chi connectivity index (χ4v) is 3.98. The fourth-order valence-electron chi connectivity index (χ4n) is 3.98. The molecule has 0 radical (unpaired) electrons. The molecule has 1 aliphatic rings. The molecule has 1 aliphatic heterocycles. The van der Waals surface area contributed by atoms with Gasteiger partial charge < -0.3 is 26.0 Å². The summed E-state index contributed by atoms with van der Waals surface area (Å²) < 4.78 is 6.19. The van der Waals surface area contributed by atoms with Crippen molar-refractivity contribution in [3.8, 4) is 5.75 Å². The SMILES string of the molecule is [NH3+]C1c2c(ccc3ccccc23)OC(C(=NO)C(=NO)c2ccccc2)C1CO. The summed E-state index contributed by atoms with van der Waals surface area (Å²) in [6, 6.07) is 20.3. The zero-order chi connectivity index (χ0) is 20.4. The minimum atomic E-state index is -0.840. The minimum Gasteiger partial charge on any atom is -0.483 e. The van der Waals surface area contributed by atoms with Crippen molar-refractivity contribution in [3.05, 3.63) is 77.9 Å². The Labute approximate surface area is 167 Å². The van der Waals surface area contributed by atoms with Crippen LogP contribution in [0.2, 0.25) is 0 Å². The monoisotopic (exact) mass is 392 g/mol. The third-order valence-electron chi connectivity index (χ3n) is 5.44. The number of quaternary nitrogens is 1. The molecule has 3 aromatic carbocycles. The van der Waals surface area contributed by atoms with Crippen LogP contribution >= 0.6 is 0 Å². The molecule has 4 rings (SSSR count). The predicted molar refractivity (Wildman–Crippen MR) is 109 cm³/mol. The Morgan fingerprint density at radius 3 is 2.34 bits per heavy atom. The van der Waals surface area contributed by atoms with E-state index in [9.17, 15) is 15.5 Å². The van der Waals surface area contributed by atoms with E-state index < -0.39 is 12.0 Å². The first-order valence-corrected chi connectivity index (χ1v) is 9.31. The van der Waals surface area contributed by atoms with Gasteiger partial charge in [0.1, 0.15) is 17.5 Å². The maximum atomic E-state index is 10.1. The van der Waals surface area contributed by atoms with Crippen molar-refractivity contribution < 1.29 is 26.0 Å². The van der Waals surface area contributed by atoms with Gasteiger partial charge in [-0.1, -0.05) is 71.0 Å².